The summed E-state index contributed by atoms with van der Waals surface area (Å²) >= 11 is 0.963. The molecule has 1 atom stereocenters. The third kappa shape index (κ3) is 3.81. The number of thioether (sulfide) groups is 1. The van der Waals surface area contributed by atoms with E-state index in [9.17, 15) is 19.2 Å². The van der Waals surface area contributed by atoms with E-state index in [1.54, 1.807) is 19.9 Å². The number of para-hydroxylation sites is 1. The predicted octanol–water partition coefficient (Wildman–Crippen LogP) is 2.53. The molecule has 0 fully saturated rings. The molecule has 0 aromatic heterocycles. The molecule has 6 nitrogen and oxygen atoms in total. The van der Waals surface area contributed by atoms with Crippen LogP contribution in [-0.4, -0.2) is 17.6 Å². The van der Waals surface area contributed by atoms with Crippen LogP contribution in [0.2, 0.25) is 0 Å². The van der Waals surface area contributed by atoms with Crippen LogP contribution in [0.3, 0.4) is 0 Å². The summed E-state index contributed by atoms with van der Waals surface area (Å²) in [7, 11) is 0. The molecule has 0 radical (unpaired) electrons. The number of nitrogens with one attached hydrogen (secondary N) is 2. The number of nitriles is 2. The molecule has 0 bridgehead atoms. The number of rotatable bonds is 4. The summed E-state index contributed by atoms with van der Waals surface area (Å²) in [5.74, 6) is -2.65. The van der Waals surface area contributed by atoms with Crippen molar-refractivity contribution in [3.63, 3.8) is 0 Å². The van der Waals surface area contributed by atoms with E-state index in [2.05, 4.69) is 10.6 Å². The Kier molecular flexibility index (Phi) is 5.45. The van der Waals surface area contributed by atoms with E-state index in [-0.39, 0.29) is 22.0 Å². The SMILES string of the molecule is CC1(C)C(C#N)=C(SCC(=O)Nc2ccccc2F)NC(=O)[C@H]1C#N. The van der Waals surface area contributed by atoms with Gasteiger partial charge in [-0.3, -0.25) is 9.59 Å². The summed E-state index contributed by atoms with van der Waals surface area (Å²) in [6.07, 6.45) is 0. The summed E-state index contributed by atoms with van der Waals surface area (Å²) < 4.78 is 13.5. The van der Waals surface area contributed by atoms with Crippen molar-refractivity contribution in [3.05, 3.63) is 40.7 Å². The average molecular weight is 358 g/mol. The maximum Gasteiger partial charge on any atom is 0.243 e. The standard InChI is InChI=1S/C17H15FN4O2S/c1-17(2)10(7-19)15(24)22-16(11(17)8-20)25-9-14(23)21-13-6-4-3-5-12(13)18/h3-6,10H,9H2,1-2H3,(H,21,23)(H,22,24)/t10-/m1/s1. The van der Waals surface area contributed by atoms with Gasteiger partial charge in [-0.25, -0.2) is 4.39 Å². The third-order valence-electron chi connectivity index (χ3n) is 3.83. The van der Waals surface area contributed by atoms with Gasteiger partial charge in [-0.2, -0.15) is 10.5 Å². The molecular weight excluding hydrogens is 343 g/mol. The first kappa shape index (κ1) is 18.5. The number of carbonyl (C=O) groups excluding carboxylic acids is 2. The number of allylic oxidation sites excluding steroid dienone is 1. The molecule has 2 N–H and O–H groups in total. The normalized spacial score (nSPS) is 18.8. The summed E-state index contributed by atoms with van der Waals surface area (Å²) in [4.78, 5) is 24.0. The maximum atomic E-state index is 13.5. The number of nitrogens with zero attached hydrogens (tertiary/aromatic N) is 2. The van der Waals surface area contributed by atoms with E-state index >= 15 is 0 Å². The van der Waals surface area contributed by atoms with Gasteiger partial charge in [0.15, 0.2) is 0 Å². The van der Waals surface area contributed by atoms with Crippen molar-refractivity contribution in [1.29, 1.82) is 10.5 Å². The number of carbonyl (C=O) groups is 2. The van der Waals surface area contributed by atoms with E-state index in [4.69, 9.17) is 5.26 Å². The van der Waals surface area contributed by atoms with Gasteiger partial charge in [0.2, 0.25) is 11.8 Å². The minimum Gasteiger partial charge on any atom is -0.323 e. The minimum absolute atomic E-state index is 0.0557. The van der Waals surface area contributed by atoms with Crippen molar-refractivity contribution >= 4 is 29.3 Å². The number of amides is 2. The molecule has 1 heterocycles. The van der Waals surface area contributed by atoms with Gasteiger partial charge in [-0.05, 0) is 12.1 Å². The summed E-state index contributed by atoms with van der Waals surface area (Å²) in [5.41, 5.74) is -0.668. The van der Waals surface area contributed by atoms with Gasteiger partial charge >= 0.3 is 0 Å². The molecule has 1 aliphatic heterocycles. The van der Waals surface area contributed by atoms with Crippen LogP contribution >= 0.6 is 11.8 Å². The average Bonchev–Trinajstić information content (AvgIpc) is 2.54. The zero-order valence-electron chi connectivity index (χ0n) is 13.6. The molecular formula is C17H15FN4O2S. The van der Waals surface area contributed by atoms with Crippen LogP contribution in [0.15, 0.2) is 34.9 Å². The van der Waals surface area contributed by atoms with Gasteiger partial charge in [-0.1, -0.05) is 37.7 Å². The van der Waals surface area contributed by atoms with Crippen molar-refractivity contribution in [1.82, 2.24) is 5.32 Å². The Labute approximate surface area is 148 Å². The fourth-order valence-electron chi connectivity index (χ4n) is 2.42. The second-order valence-electron chi connectivity index (χ2n) is 5.91. The second kappa shape index (κ2) is 7.37. The highest BCUT2D eigenvalue weighted by molar-refractivity contribution is 8.03. The van der Waals surface area contributed by atoms with Crippen molar-refractivity contribution in [2.24, 2.45) is 11.3 Å². The Balaban J connectivity index is 2.14. The van der Waals surface area contributed by atoms with Gasteiger partial charge in [0.1, 0.15) is 11.7 Å². The highest BCUT2D eigenvalue weighted by atomic mass is 32.2. The molecule has 0 aliphatic carbocycles. The van der Waals surface area contributed by atoms with Crippen LogP contribution in [0.25, 0.3) is 0 Å². The van der Waals surface area contributed by atoms with E-state index in [1.165, 1.54) is 18.2 Å². The van der Waals surface area contributed by atoms with Crippen LogP contribution in [0.1, 0.15) is 13.8 Å². The Morgan fingerprint density at radius 1 is 1.40 bits per heavy atom. The van der Waals surface area contributed by atoms with Gasteiger partial charge in [0.25, 0.3) is 0 Å². The van der Waals surface area contributed by atoms with Gasteiger partial charge in [-0.15, -0.1) is 0 Å². The first-order valence-corrected chi connectivity index (χ1v) is 8.32. The Morgan fingerprint density at radius 3 is 2.68 bits per heavy atom. The van der Waals surface area contributed by atoms with E-state index < -0.39 is 29.0 Å². The lowest BCUT2D eigenvalue weighted by Crippen LogP contribution is -2.44. The van der Waals surface area contributed by atoms with Crippen LogP contribution in [-0.2, 0) is 9.59 Å². The highest BCUT2D eigenvalue weighted by Crippen LogP contribution is 2.41. The topological polar surface area (TPSA) is 106 Å². The fraction of sp³-hybridized carbons (Fsp3) is 0.294. The number of halogens is 1. The summed E-state index contributed by atoms with van der Waals surface area (Å²) in [6.45, 7) is 3.27. The van der Waals surface area contributed by atoms with Crippen LogP contribution in [0.5, 0.6) is 0 Å². The Morgan fingerprint density at radius 2 is 2.08 bits per heavy atom. The predicted molar refractivity (Wildman–Crippen MR) is 91.2 cm³/mol. The van der Waals surface area contributed by atoms with E-state index in [0.717, 1.165) is 11.8 Å². The van der Waals surface area contributed by atoms with Crippen molar-refractivity contribution in [2.45, 2.75) is 13.8 Å². The van der Waals surface area contributed by atoms with Gasteiger partial charge in [0.05, 0.1) is 34.2 Å². The summed E-state index contributed by atoms with van der Waals surface area (Å²) in [6, 6.07) is 9.68. The monoisotopic (exact) mass is 358 g/mol. The van der Waals surface area contributed by atoms with Gasteiger partial charge < -0.3 is 10.6 Å². The molecule has 0 unspecified atom stereocenters. The third-order valence-corrected chi connectivity index (χ3v) is 4.83. The first-order chi connectivity index (χ1) is 11.8. The lowest BCUT2D eigenvalue weighted by molar-refractivity contribution is -0.125. The molecule has 1 aromatic rings. The molecule has 0 saturated heterocycles. The lowest BCUT2D eigenvalue weighted by atomic mass is 9.72. The second-order valence-corrected chi connectivity index (χ2v) is 6.89. The minimum atomic E-state index is -0.987. The summed E-state index contributed by atoms with van der Waals surface area (Å²) in [5, 5.41) is 23.7. The molecule has 0 saturated carbocycles. The molecule has 0 spiro atoms. The zero-order chi connectivity index (χ0) is 18.6. The van der Waals surface area contributed by atoms with Crippen LogP contribution in [0, 0.1) is 39.8 Å². The fourth-order valence-corrected chi connectivity index (χ4v) is 3.39. The van der Waals surface area contributed by atoms with E-state index in [0.29, 0.717) is 0 Å². The smallest absolute Gasteiger partial charge is 0.243 e. The highest BCUT2D eigenvalue weighted by Gasteiger charge is 2.44. The van der Waals surface area contributed by atoms with Crippen molar-refractivity contribution in [3.8, 4) is 12.1 Å². The molecule has 128 valence electrons. The molecule has 1 aliphatic rings. The Hall–Kier alpha value is -2.84. The van der Waals surface area contributed by atoms with Gasteiger partial charge in [0, 0.05) is 5.41 Å². The quantitative estimate of drug-likeness (QED) is 0.860. The number of hydrogen-bond donors (Lipinski definition) is 2. The van der Waals surface area contributed by atoms with Crippen LogP contribution < -0.4 is 10.6 Å². The largest absolute Gasteiger partial charge is 0.323 e. The zero-order valence-corrected chi connectivity index (χ0v) is 14.4. The van der Waals surface area contributed by atoms with Crippen molar-refractivity contribution < 1.29 is 14.0 Å². The maximum absolute atomic E-state index is 13.5. The Bertz CT molecular complexity index is 836. The van der Waals surface area contributed by atoms with E-state index in [1.807, 2.05) is 12.1 Å². The molecule has 2 amide bonds. The number of benzene rings is 1. The van der Waals surface area contributed by atoms with Crippen LogP contribution in [0.4, 0.5) is 10.1 Å². The molecule has 1 aromatic carbocycles. The number of anilines is 1. The number of hydrogen-bond acceptors (Lipinski definition) is 5. The first-order valence-electron chi connectivity index (χ1n) is 7.33. The van der Waals surface area contributed by atoms with Crippen molar-refractivity contribution in [2.75, 3.05) is 11.1 Å². The lowest BCUT2D eigenvalue weighted by Gasteiger charge is -2.34. The molecule has 2 rings (SSSR count). The molecule has 8 heteroatoms. The molecule has 25 heavy (non-hydrogen) atoms.